The first-order valence-corrected chi connectivity index (χ1v) is 8.86. The van der Waals surface area contributed by atoms with Crippen molar-refractivity contribution in [2.45, 2.75) is 31.0 Å². The second-order valence-corrected chi connectivity index (χ2v) is 6.80. The molecule has 1 atom stereocenters. The number of urea groups is 1. The maximum atomic E-state index is 12.8. The molecule has 1 aromatic rings. The summed E-state index contributed by atoms with van der Waals surface area (Å²) in [5, 5.41) is 9.53. The average Bonchev–Trinajstić information content (AvgIpc) is 3.15. The van der Waals surface area contributed by atoms with Gasteiger partial charge in [-0.25, -0.2) is 4.79 Å². The molecule has 0 N–H and O–H groups in total. The number of carbonyl (C=O) groups excluding carboxylic acids is 1. The van der Waals surface area contributed by atoms with Crippen molar-refractivity contribution >= 4 is 17.8 Å². The Kier molecular flexibility index (Phi) is 4.87. The summed E-state index contributed by atoms with van der Waals surface area (Å²) in [6, 6.07) is 0.151. The molecule has 2 fully saturated rings. The van der Waals surface area contributed by atoms with Crippen LogP contribution in [0.3, 0.4) is 0 Å². The molecule has 1 aromatic heterocycles. The number of thioether (sulfide) groups is 1. The average molecular weight is 325 g/mol. The highest BCUT2D eigenvalue weighted by Crippen LogP contribution is 2.33. The molecule has 122 valence electrons. The van der Waals surface area contributed by atoms with Gasteiger partial charge in [-0.1, -0.05) is 18.7 Å². The normalized spacial score (nSPS) is 22.4. The molecule has 0 unspecified atom stereocenters. The molecule has 8 heteroatoms. The van der Waals surface area contributed by atoms with E-state index >= 15 is 0 Å². The van der Waals surface area contributed by atoms with Gasteiger partial charge in [-0.15, -0.1) is 10.2 Å². The second-order valence-electron chi connectivity index (χ2n) is 5.57. The largest absolute Gasteiger partial charge is 0.378 e. The lowest BCUT2D eigenvalue weighted by atomic mass is 10.2. The number of aromatic nitrogens is 3. The van der Waals surface area contributed by atoms with E-state index in [-0.39, 0.29) is 12.1 Å². The fourth-order valence-electron chi connectivity index (χ4n) is 3.07. The minimum atomic E-state index is 0.0408. The lowest BCUT2D eigenvalue weighted by Crippen LogP contribution is -2.48. The quantitative estimate of drug-likeness (QED) is 0.789. The van der Waals surface area contributed by atoms with Crippen LogP contribution in [0.4, 0.5) is 4.79 Å². The number of amides is 2. The van der Waals surface area contributed by atoms with Gasteiger partial charge in [-0.3, -0.25) is 0 Å². The van der Waals surface area contributed by atoms with Crippen molar-refractivity contribution < 1.29 is 9.53 Å². The molecular weight excluding hydrogens is 302 g/mol. The first-order chi connectivity index (χ1) is 10.7. The second kappa shape index (κ2) is 6.87. The van der Waals surface area contributed by atoms with Gasteiger partial charge in [0.25, 0.3) is 0 Å². The Balaban J connectivity index is 1.76. The molecular formula is C14H23N5O2S. The number of hydrogen-bond donors (Lipinski definition) is 0. The Morgan fingerprint density at radius 2 is 2.09 bits per heavy atom. The zero-order chi connectivity index (χ0) is 15.5. The standard InChI is InChI=1S/C14H23N5O2S/c1-3-22-13-16-15-12(17(13)2)11-5-4-6-19(11)14(20)18-7-9-21-10-8-18/h11H,3-10H2,1-2H3/t11-/m0/s1. The summed E-state index contributed by atoms with van der Waals surface area (Å²) >= 11 is 1.68. The monoisotopic (exact) mass is 325 g/mol. The molecule has 0 spiro atoms. The minimum Gasteiger partial charge on any atom is -0.378 e. The Bertz CT molecular complexity index is 529. The van der Waals surface area contributed by atoms with Gasteiger partial charge < -0.3 is 19.1 Å². The molecule has 3 rings (SSSR count). The first kappa shape index (κ1) is 15.6. The highest BCUT2D eigenvalue weighted by atomic mass is 32.2. The topological polar surface area (TPSA) is 63.5 Å². The number of rotatable bonds is 3. The van der Waals surface area contributed by atoms with Gasteiger partial charge in [0.1, 0.15) is 0 Å². The van der Waals surface area contributed by atoms with Gasteiger partial charge in [0.05, 0.1) is 19.3 Å². The summed E-state index contributed by atoms with van der Waals surface area (Å²) < 4.78 is 7.36. The van der Waals surface area contributed by atoms with Gasteiger partial charge in [0.15, 0.2) is 11.0 Å². The molecule has 0 radical (unpaired) electrons. The van der Waals surface area contributed by atoms with Crippen molar-refractivity contribution in [2.75, 3.05) is 38.6 Å². The Morgan fingerprint density at radius 3 is 2.82 bits per heavy atom. The summed E-state index contributed by atoms with van der Waals surface area (Å²) in [4.78, 5) is 16.6. The molecule has 22 heavy (non-hydrogen) atoms. The van der Waals surface area contributed by atoms with E-state index in [1.807, 2.05) is 21.4 Å². The van der Waals surface area contributed by atoms with Crippen molar-refractivity contribution in [3.05, 3.63) is 5.82 Å². The zero-order valence-corrected chi connectivity index (χ0v) is 14.0. The summed E-state index contributed by atoms with van der Waals surface area (Å²) in [7, 11) is 1.99. The van der Waals surface area contributed by atoms with Crippen LogP contribution in [0.15, 0.2) is 5.16 Å². The van der Waals surface area contributed by atoms with Crippen LogP contribution in [0, 0.1) is 0 Å². The van der Waals surface area contributed by atoms with Crippen LogP contribution in [0.25, 0.3) is 0 Å². The fraction of sp³-hybridized carbons (Fsp3) is 0.786. The Morgan fingerprint density at radius 1 is 1.32 bits per heavy atom. The minimum absolute atomic E-state index is 0.0408. The van der Waals surface area contributed by atoms with Crippen LogP contribution < -0.4 is 0 Å². The lowest BCUT2D eigenvalue weighted by Gasteiger charge is -2.33. The van der Waals surface area contributed by atoms with Crippen LogP contribution >= 0.6 is 11.8 Å². The summed E-state index contributed by atoms with van der Waals surface area (Å²) in [6.07, 6.45) is 1.97. The van der Waals surface area contributed by atoms with E-state index in [2.05, 4.69) is 17.1 Å². The van der Waals surface area contributed by atoms with Crippen molar-refractivity contribution in [3.8, 4) is 0 Å². The number of hydrogen-bond acceptors (Lipinski definition) is 5. The van der Waals surface area contributed by atoms with E-state index < -0.39 is 0 Å². The molecule has 3 heterocycles. The molecule has 2 amide bonds. The maximum Gasteiger partial charge on any atom is 0.320 e. The fourth-order valence-corrected chi connectivity index (χ4v) is 3.72. The highest BCUT2D eigenvalue weighted by Gasteiger charge is 2.36. The molecule has 2 saturated heterocycles. The molecule has 0 bridgehead atoms. The molecule has 2 aliphatic heterocycles. The van der Waals surface area contributed by atoms with E-state index in [0.29, 0.717) is 26.3 Å². The van der Waals surface area contributed by atoms with Crippen LogP contribution in [-0.4, -0.2) is 69.2 Å². The zero-order valence-electron chi connectivity index (χ0n) is 13.2. The van der Waals surface area contributed by atoms with Gasteiger partial charge >= 0.3 is 6.03 Å². The third-order valence-electron chi connectivity index (χ3n) is 4.22. The van der Waals surface area contributed by atoms with Crippen LogP contribution in [0.5, 0.6) is 0 Å². The van der Waals surface area contributed by atoms with Gasteiger partial charge in [-0.05, 0) is 18.6 Å². The number of morpholine rings is 1. The van der Waals surface area contributed by atoms with E-state index in [0.717, 1.165) is 36.1 Å². The molecule has 7 nitrogen and oxygen atoms in total. The Hall–Kier alpha value is -1.28. The SMILES string of the molecule is CCSc1nnc([C@@H]2CCCN2C(=O)N2CCOCC2)n1C. The van der Waals surface area contributed by atoms with E-state index in [9.17, 15) is 4.79 Å². The van der Waals surface area contributed by atoms with E-state index in [1.54, 1.807) is 11.8 Å². The van der Waals surface area contributed by atoms with E-state index in [1.165, 1.54) is 0 Å². The summed E-state index contributed by atoms with van der Waals surface area (Å²) in [6.45, 7) is 5.51. The van der Waals surface area contributed by atoms with E-state index in [4.69, 9.17) is 4.74 Å². The lowest BCUT2D eigenvalue weighted by molar-refractivity contribution is 0.0417. The van der Waals surface area contributed by atoms with Crippen molar-refractivity contribution in [1.29, 1.82) is 0 Å². The Labute approximate surface area is 135 Å². The van der Waals surface area contributed by atoms with Crippen molar-refractivity contribution in [2.24, 2.45) is 7.05 Å². The van der Waals surface area contributed by atoms with Crippen LogP contribution in [0.1, 0.15) is 31.6 Å². The number of ether oxygens (including phenoxy) is 1. The number of nitrogens with zero attached hydrogens (tertiary/aromatic N) is 5. The molecule has 0 aliphatic carbocycles. The van der Waals surface area contributed by atoms with Crippen LogP contribution in [-0.2, 0) is 11.8 Å². The van der Waals surface area contributed by atoms with Crippen molar-refractivity contribution in [3.63, 3.8) is 0 Å². The summed E-state index contributed by atoms with van der Waals surface area (Å²) in [5.41, 5.74) is 0. The highest BCUT2D eigenvalue weighted by molar-refractivity contribution is 7.99. The van der Waals surface area contributed by atoms with Gasteiger partial charge in [0.2, 0.25) is 0 Å². The third kappa shape index (κ3) is 2.94. The van der Waals surface area contributed by atoms with Gasteiger partial charge in [0, 0.05) is 26.7 Å². The number of carbonyl (C=O) groups is 1. The first-order valence-electron chi connectivity index (χ1n) is 7.87. The van der Waals surface area contributed by atoms with Crippen LogP contribution in [0.2, 0.25) is 0 Å². The maximum absolute atomic E-state index is 12.8. The third-order valence-corrected chi connectivity index (χ3v) is 5.12. The van der Waals surface area contributed by atoms with Gasteiger partial charge in [-0.2, -0.15) is 0 Å². The smallest absolute Gasteiger partial charge is 0.320 e. The summed E-state index contributed by atoms with van der Waals surface area (Å²) in [5.74, 6) is 1.86. The number of likely N-dealkylation sites (tertiary alicyclic amines) is 1. The molecule has 2 aliphatic rings. The predicted octanol–water partition coefficient (Wildman–Crippen LogP) is 1.52. The van der Waals surface area contributed by atoms with Crippen molar-refractivity contribution in [1.82, 2.24) is 24.6 Å². The predicted molar refractivity (Wildman–Crippen MR) is 83.9 cm³/mol. The molecule has 0 saturated carbocycles. The molecule has 0 aromatic carbocycles.